The number of hydrogen-bond acceptors (Lipinski definition) is 5. The molecule has 0 saturated carbocycles. The van der Waals surface area contributed by atoms with Gasteiger partial charge in [0, 0.05) is 19.5 Å². The second kappa shape index (κ2) is 7.57. The van der Waals surface area contributed by atoms with E-state index in [4.69, 9.17) is 9.26 Å². The van der Waals surface area contributed by atoms with Gasteiger partial charge in [0.25, 0.3) is 0 Å². The first-order valence-electron chi connectivity index (χ1n) is 7.19. The van der Waals surface area contributed by atoms with Gasteiger partial charge in [-0.2, -0.15) is 4.98 Å². The minimum atomic E-state index is -0.421. The molecule has 0 aliphatic carbocycles. The maximum absolute atomic E-state index is 13.4. The highest BCUT2D eigenvalue weighted by Crippen LogP contribution is 2.16. The van der Waals surface area contributed by atoms with Crippen LogP contribution in [0, 0.1) is 12.7 Å². The molecular formula is C15H19FN4O3. The van der Waals surface area contributed by atoms with Crippen molar-refractivity contribution in [2.75, 3.05) is 7.11 Å². The molecule has 0 radical (unpaired) electrons. The largest absolute Gasteiger partial charge is 0.497 e. The van der Waals surface area contributed by atoms with E-state index >= 15 is 0 Å². The first kappa shape index (κ1) is 16.7. The van der Waals surface area contributed by atoms with Gasteiger partial charge in [0.15, 0.2) is 5.82 Å². The fourth-order valence-electron chi connectivity index (χ4n) is 2.04. The van der Waals surface area contributed by atoms with E-state index < -0.39 is 11.8 Å². The summed E-state index contributed by atoms with van der Waals surface area (Å²) in [4.78, 5) is 16.1. The zero-order valence-electron chi connectivity index (χ0n) is 13.2. The monoisotopic (exact) mass is 322 g/mol. The van der Waals surface area contributed by atoms with E-state index in [2.05, 4.69) is 20.8 Å². The Morgan fingerprint density at radius 1 is 1.43 bits per heavy atom. The zero-order valence-corrected chi connectivity index (χ0v) is 13.2. The number of carbonyl (C=O) groups excluding carboxylic acids is 1. The van der Waals surface area contributed by atoms with Gasteiger partial charge in [-0.05, 0) is 24.1 Å². The van der Waals surface area contributed by atoms with Crippen molar-refractivity contribution in [2.45, 2.75) is 32.9 Å². The molecule has 0 fully saturated rings. The Morgan fingerprint density at radius 3 is 2.83 bits per heavy atom. The number of hydrogen-bond donors (Lipinski definition) is 2. The molecule has 2 aromatic rings. The Labute approximate surface area is 133 Å². The van der Waals surface area contributed by atoms with Crippen LogP contribution in [-0.2, 0) is 6.54 Å². The van der Waals surface area contributed by atoms with Gasteiger partial charge in [0.05, 0.1) is 13.2 Å². The van der Waals surface area contributed by atoms with Crippen molar-refractivity contribution in [2.24, 2.45) is 0 Å². The molecule has 2 rings (SSSR count). The Hall–Kier alpha value is -2.64. The molecule has 1 unspecified atom stereocenters. The van der Waals surface area contributed by atoms with Gasteiger partial charge in [-0.1, -0.05) is 12.1 Å². The Balaban J connectivity index is 1.93. The maximum Gasteiger partial charge on any atom is 0.315 e. The van der Waals surface area contributed by atoms with E-state index in [0.29, 0.717) is 29.4 Å². The Bertz CT molecular complexity index is 674. The topological polar surface area (TPSA) is 89.3 Å². The van der Waals surface area contributed by atoms with Crippen LogP contribution in [0.2, 0.25) is 0 Å². The molecule has 1 aromatic carbocycles. The van der Waals surface area contributed by atoms with Crippen LogP contribution in [0.25, 0.3) is 0 Å². The van der Waals surface area contributed by atoms with Crippen molar-refractivity contribution in [3.63, 3.8) is 0 Å². The van der Waals surface area contributed by atoms with Crippen LogP contribution in [-0.4, -0.2) is 23.3 Å². The third-order valence-corrected chi connectivity index (χ3v) is 3.19. The summed E-state index contributed by atoms with van der Waals surface area (Å²) in [6.45, 7) is 3.75. The van der Waals surface area contributed by atoms with Gasteiger partial charge in [0.2, 0.25) is 5.89 Å². The summed E-state index contributed by atoms with van der Waals surface area (Å²) in [5.41, 5.74) is 0.598. The number of aromatic nitrogens is 2. The second-order valence-electron chi connectivity index (χ2n) is 4.96. The Morgan fingerprint density at radius 2 is 2.22 bits per heavy atom. The van der Waals surface area contributed by atoms with Gasteiger partial charge >= 0.3 is 6.03 Å². The van der Waals surface area contributed by atoms with Crippen LogP contribution in [0.15, 0.2) is 22.7 Å². The number of ether oxygens (including phenoxy) is 1. The molecule has 0 spiro atoms. The lowest BCUT2D eigenvalue weighted by atomic mass is 10.2. The molecule has 2 N–H and O–H groups in total. The standard InChI is InChI=1S/C15H19FN4O3/c1-4-13(14-18-9(2)23-20-14)19-15(21)17-8-10-5-11(16)7-12(6-10)22-3/h5-7,13H,4,8H2,1-3H3,(H2,17,19,21). The first-order chi connectivity index (χ1) is 11.0. The highest BCUT2D eigenvalue weighted by Gasteiger charge is 2.17. The third-order valence-electron chi connectivity index (χ3n) is 3.19. The molecule has 7 nitrogen and oxygen atoms in total. The number of nitrogens with zero attached hydrogens (tertiary/aromatic N) is 2. The number of amides is 2. The van der Waals surface area contributed by atoms with Crippen LogP contribution < -0.4 is 15.4 Å². The molecule has 0 aliphatic heterocycles. The molecule has 23 heavy (non-hydrogen) atoms. The van der Waals surface area contributed by atoms with Crippen molar-refractivity contribution in [1.82, 2.24) is 20.8 Å². The number of nitrogens with one attached hydrogen (secondary N) is 2. The highest BCUT2D eigenvalue weighted by atomic mass is 19.1. The van der Waals surface area contributed by atoms with Gasteiger partial charge < -0.3 is 19.9 Å². The summed E-state index contributed by atoms with van der Waals surface area (Å²) in [5, 5.41) is 9.21. The van der Waals surface area contributed by atoms with Crippen molar-refractivity contribution < 1.29 is 18.4 Å². The first-order valence-corrected chi connectivity index (χ1v) is 7.19. The number of aryl methyl sites for hydroxylation is 1. The van der Waals surface area contributed by atoms with Crippen LogP contribution in [0.1, 0.15) is 36.7 Å². The van der Waals surface area contributed by atoms with Gasteiger partial charge in [0.1, 0.15) is 11.6 Å². The molecule has 8 heteroatoms. The number of halogens is 1. The number of rotatable bonds is 6. The SMILES string of the molecule is CCC(NC(=O)NCc1cc(F)cc(OC)c1)c1noc(C)n1. The molecule has 0 aliphatic rings. The molecular weight excluding hydrogens is 303 g/mol. The molecule has 1 heterocycles. The average molecular weight is 322 g/mol. The summed E-state index contributed by atoms with van der Waals surface area (Å²) in [6.07, 6.45) is 0.611. The quantitative estimate of drug-likeness (QED) is 0.853. The van der Waals surface area contributed by atoms with E-state index in [0.717, 1.165) is 0 Å². The predicted octanol–water partition coefficient (Wildman–Crippen LogP) is 2.48. The molecule has 1 atom stereocenters. The van der Waals surface area contributed by atoms with Gasteiger partial charge in [-0.25, -0.2) is 9.18 Å². The molecule has 0 saturated heterocycles. The van der Waals surface area contributed by atoms with Crippen LogP contribution in [0.5, 0.6) is 5.75 Å². The number of benzene rings is 1. The van der Waals surface area contributed by atoms with E-state index in [9.17, 15) is 9.18 Å². The van der Waals surface area contributed by atoms with Crippen molar-refractivity contribution in [1.29, 1.82) is 0 Å². The third kappa shape index (κ3) is 4.67. The van der Waals surface area contributed by atoms with E-state index in [1.807, 2.05) is 6.92 Å². The van der Waals surface area contributed by atoms with Crippen molar-refractivity contribution in [3.8, 4) is 5.75 Å². The van der Waals surface area contributed by atoms with Crippen molar-refractivity contribution >= 4 is 6.03 Å². The molecule has 1 aromatic heterocycles. The van der Waals surface area contributed by atoms with E-state index in [1.165, 1.54) is 19.2 Å². The van der Waals surface area contributed by atoms with Crippen molar-refractivity contribution in [3.05, 3.63) is 41.3 Å². The Kier molecular flexibility index (Phi) is 5.51. The van der Waals surface area contributed by atoms with E-state index in [-0.39, 0.29) is 12.6 Å². The lowest BCUT2D eigenvalue weighted by Gasteiger charge is -2.14. The highest BCUT2D eigenvalue weighted by molar-refractivity contribution is 5.74. The number of methoxy groups -OCH3 is 1. The van der Waals surface area contributed by atoms with Gasteiger partial charge in [-0.3, -0.25) is 0 Å². The number of urea groups is 1. The smallest absolute Gasteiger partial charge is 0.315 e. The normalized spacial score (nSPS) is 11.8. The lowest BCUT2D eigenvalue weighted by Crippen LogP contribution is -2.37. The van der Waals surface area contributed by atoms with Crippen LogP contribution in [0.4, 0.5) is 9.18 Å². The fourth-order valence-corrected chi connectivity index (χ4v) is 2.04. The van der Waals surface area contributed by atoms with E-state index in [1.54, 1.807) is 13.0 Å². The summed E-state index contributed by atoms with van der Waals surface area (Å²) >= 11 is 0. The summed E-state index contributed by atoms with van der Waals surface area (Å²) in [7, 11) is 1.46. The minimum Gasteiger partial charge on any atom is -0.497 e. The summed E-state index contributed by atoms with van der Waals surface area (Å²) in [6, 6.07) is 3.51. The minimum absolute atomic E-state index is 0.168. The maximum atomic E-state index is 13.4. The summed E-state index contributed by atoms with van der Waals surface area (Å²) < 4.78 is 23.3. The fraction of sp³-hybridized carbons (Fsp3) is 0.400. The number of carbonyl (C=O) groups is 1. The predicted molar refractivity (Wildman–Crippen MR) is 80.4 cm³/mol. The van der Waals surface area contributed by atoms with Crippen LogP contribution >= 0.6 is 0 Å². The second-order valence-corrected chi connectivity index (χ2v) is 4.96. The molecule has 0 bridgehead atoms. The summed E-state index contributed by atoms with van der Waals surface area (Å²) in [5.74, 6) is 0.839. The lowest BCUT2D eigenvalue weighted by molar-refractivity contribution is 0.235. The molecule has 2 amide bonds. The average Bonchev–Trinajstić information content (AvgIpc) is 2.96. The van der Waals surface area contributed by atoms with Gasteiger partial charge in [-0.15, -0.1) is 0 Å². The zero-order chi connectivity index (χ0) is 16.8. The molecule has 124 valence electrons. The van der Waals surface area contributed by atoms with Crippen LogP contribution in [0.3, 0.4) is 0 Å².